The smallest absolute Gasteiger partial charge is 0.0718 e. The Morgan fingerprint density at radius 2 is 0.411 bits per heavy atom. The van der Waals surface area contributed by atoms with Gasteiger partial charge in [0.2, 0.25) is 0 Å². The third-order valence-corrected chi connectivity index (χ3v) is 13.1. The van der Waals surface area contributed by atoms with Gasteiger partial charge >= 0.3 is 0 Å². The Balaban J connectivity index is 0.000000943. The molecule has 0 spiro atoms. The van der Waals surface area contributed by atoms with Crippen LogP contribution in [-0.4, -0.2) is 51.2 Å². The molecule has 0 heterocycles. The van der Waals surface area contributed by atoms with Crippen LogP contribution in [0.3, 0.4) is 0 Å². The average Bonchev–Trinajstić information content (AvgIpc) is 3.38. The first kappa shape index (κ1) is 68.7. The maximum Gasteiger partial charge on any atom is 0.0718 e. The summed E-state index contributed by atoms with van der Waals surface area (Å²) in [5.74, 6) is -4.25. The summed E-state index contributed by atoms with van der Waals surface area (Å²) in [4.78, 5) is 43.7. The number of aryl methyl sites for hydroxylation is 4. The van der Waals surface area contributed by atoms with Gasteiger partial charge in [-0.25, -0.2) is 0 Å². The molecule has 0 aromatic heterocycles. The standard InChI is InChI=1S/4C16H24O2.Pb/c4*1-2-3-4-5-6-7-8-11-14-12-9-10-13-15(14)16(17)18;/h4*9-10,12-13H,2-8,11H2,1H3,(H,17,18);/p-4. The number of hydrogen-bond acceptors (Lipinski definition) is 8. The molecule has 4 aromatic carbocycles. The summed E-state index contributed by atoms with van der Waals surface area (Å²) in [7, 11) is 0. The van der Waals surface area contributed by atoms with Crippen molar-refractivity contribution in [2.24, 2.45) is 0 Å². The van der Waals surface area contributed by atoms with E-state index in [9.17, 15) is 39.6 Å². The molecular formula is C64H92O8Pb-4. The largest absolute Gasteiger partial charge is 0.545 e. The molecule has 4 aromatic rings. The van der Waals surface area contributed by atoms with Crippen LogP contribution < -0.4 is 20.4 Å². The van der Waals surface area contributed by atoms with Crippen LogP contribution in [0.1, 0.15) is 271 Å². The monoisotopic (exact) mass is 1200 g/mol. The molecule has 4 rings (SSSR count). The van der Waals surface area contributed by atoms with Crippen LogP contribution in [0.2, 0.25) is 0 Å². The molecule has 0 saturated heterocycles. The van der Waals surface area contributed by atoms with Gasteiger partial charge in [-0.15, -0.1) is 0 Å². The average molecular weight is 1200 g/mol. The van der Waals surface area contributed by atoms with Crippen molar-refractivity contribution in [2.75, 3.05) is 0 Å². The molecule has 8 nitrogen and oxygen atoms in total. The number of carbonyl (C=O) groups excluding carboxylic acids is 4. The maximum atomic E-state index is 10.9. The predicted molar refractivity (Wildman–Crippen MR) is 296 cm³/mol. The van der Waals surface area contributed by atoms with E-state index in [1.807, 2.05) is 48.5 Å². The first-order valence-corrected chi connectivity index (χ1v) is 28.2. The van der Waals surface area contributed by atoms with E-state index in [1.54, 1.807) is 48.5 Å². The van der Waals surface area contributed by atoms with E-state index in [1.165, 1.54) is 154 Å². The Morgan fingerprint density at radius 3 is 0.575 bits per heavy atom. The summed E-state index contributed by atoms with van der Waals surface area (Å²) in [6.45, 7) is 8.88. The normalized spacial score (nSPS) is 10.4. The van der Waals surface area contributed by atoms with Gasteiger partial charge in [-0.1, -0.05) is 279 Å². The number of unbranched alkanes of at least 4 members (excludes halogenated alkanes) is 24. The second kappa shape index (κ2) is 47.4. The van der Waals surface area contributed by atoms with E-state index in [0.717, 1.165) is 73.6 Å². The van der Waals surface area contributed by atoms with E-state index in [4.69, 9.17) is 0 Å². The van der Waals surface area contributed by atoms with Crippen molar-refractivity contribution in [3.63, 3.8) is 0 Å². The molecule has 0 bridgehead atoms. The molecule has 0 aliphatic rings. The number of carboxylic acids is 4. The summed E-state index contributed by atoms with van der Waals surface area (Å²) in [5, 5.41) is 43.7. The van der Waals surface area contributed by atoms with Gasteiger partial charge < -0.3 is 39.6 Å². The summed E-state index contributed by atoms with van der Waals surface area (Å²) >= 11 is 0. The number of aromatic carboxylic acids is 4. The molecular weight excluding hydrogens is 1100 g/mol. The van der Waals surface area contributed by atoms with Crippen LogP contribution >= 0.6 is 0 Å². The van der Waals surface area contributed by atoms with Crippen molar-refractivity contribution in [2.45, 2.75) is 233 Å². The molecule has 4 radical (unpaired) electrons. The van der Waals surface area contributed by atoms with Crippen LogP contribution in [0.5, 0.6) is 0 Å². The van der Waals surface area contributed by atoms with Gasteiger partial charge in [0.15, 0.2) is 0 Å². The molecule has 0 aliphatic carbocycles. The Morgan fingerprint density at radius 1 is 0.260 bits per heavy atom. The topological polar surface area (TPSA) is 161 Å². The van der Waals surface area contributed by atoms with Crippen molar-refractivity contribution in [3.05, 3.63) is 142 Å². The summed E-state index contributed by atoms with van der Waals surface area (Å²) < 4.78 is 0. The Labute approximate surface area is 462 Å². The first-order chi connectivity index (χ1) is 35.0. The molecule has 0 unspecified atom stereocenters. The van der Waals surface area contributed by atoms with Gasteiger partial charge in [-0.05, 0) is 73.6 Å². The fraction of sp³-hybridized carbons (Fsp3) is 0.562. The van der Waals surface area contributed by atoms with E-state index < -0.39 is 23.9 Å². The van der Waals surface area contributed by atoms with Gasteiger partial charge in [0.25, 0.3) is 0 Å². The molecule has 0 aliphatic heterocycles. The molecule has 404 valence electrons. The second-order valence-corrected chi connectivity index (χ2v) is 19.3. The minimum atomic E-state index is -1.06. The SMILES string of the molecule is CCCCCCCCCc1ccccc1C(=O)[O-].CCCCCCCCCc1ccccc1C(=O)[O-].CCCCCCCCCc1ccccc1C(=O)[O-].CCCCCCCCCc1ccccc1C(=O)[O-].[Pb]. The predicted octanol–water partition coefficient (Wildman–Crippen LogP) is 13.0. The summed E-state index contributed by atoms with van der Waals surface area (Å²) in [6.07, 6.45) is 38.3. The third-order valence-electron chi connectivity index (χ3n) is 13.1. The Hall–Kier alpha value is -4.32. The zero-order valence-electron chi connectivity index (χ0n) is 45.6. The molecule has 73 heavy (non-hydrogen) atoms. The van der Waals surface area contributed by atoms with Crippen LogP contribution in [0.15, 0.2) is 97.1 Å². The molecule has 0 atom stereocenters. The van der Waals surface area contributed by atoms with Crippen LogP contribution in [0.25, 0.3) is 0 Å². The van der Waals surface area contributed by atoms with Crippen LogP contribution in [0.4, 0.5) is 0 Å². The molecule has 0 fully saturated rings. The van der Waals surface area contributed by atoms with Crippen molar-refractivity contribution in [1.29, 1.82) is 0 Å². The van der Waals surface area contributed by atoms with Crippen LogP contribution in [-0.2, 0) is 25.7 Å². The minimum absolute atomic E-state index is 0. The summed E-state index contributed by atoms with van der Waals surface area (Å²) in [6, 6.07) is 28.7. The zero-order valence-corrected chi connectivity index (χ0v) is 49.5. The quantitative estimate of drug-likeness (QED) is 0.0321. The van der Waals surface area contributed by atoms with Gasteiger partial charge in [0.05, 0.1) is 23.9 Å². The molecule has 0 saturated carbocycles. The van der Waals surface area contributed by atoms with Crippen molar-refractivity contribution in [1.82, 2.24) is 0 Å². The Bertz CT molecular complexity index is 1730. The van der Waals surface area contributed by atoms with Gasteiger partial charge in [-0.3, -0.25) is 0 Å². The second-order valence-electron chi connectivity index (χ2n) is 19.3. The third kappa shape index (κ3) is 34.7. The van der Waals surface area contributed by atoms with Crippen molar-refractivity contribution in [3.8, 4) is 0 Å². The molecule has 0 amide bonds. The summed E-state index contributed by atoms with van der Waals surface area (Å²) in [5.41, 5.74) is 5.04. The fourth-order valence-electron chi connectivity index (χ4n) is 8.84. The maximum absolute atomic E-state index is 10.9. The van der Waals surface area contributed by atoms with Gasteiger partial charge in [-0.2, -0.15) is 0 Å². The number of benzene rings is 4. The fourth-order valence-corrected chi connectivity index (χ4v) is 8.84. The van der Waals surface area contributed by atoms with Crippen LogP contribution in [0, 0.1) is 0 Å². The van der Waals surface area contributed by atoms with E-state index >= 15 is 0 Å². The van der Waals surface area contributed by atoms with Crippen molar-refractivity contribution >= 4 is 51.2 Å². The number of carboxylic acid groups (broad SMARTS) is 4. The number of carbonyl (C=O) groups is 4. The van der Waals surface area contributed by atoms with Crippen molar-refractivity contribution < 1.29 is 39.6 Å². The van der Waals surface area contributed by atoms with E-state index in [2.05, 4.69) is 27.7 Å². The Kier molecular flexibility index (Phi) is 44.6. The minimum Gasteiger partial charge on any atom is -0.545 e. The van der Waals surface area contributed by atoms with Gasteiger partial charge in [0, 0.05) is 49.6 Å². The number of hydrogen-bond donors (Lipinski definition) is 0. The first-order valence-electron chi connectivity index (χ1n) is 28.2. The van der Waals surface area contributed by atoms with Gasteiger partial charge in [0.1, 0.15) is 0 Å². The molecule has 0 N–H and O–H groups in total. The zero-order chi connectivity index (χ0) is 52.9. The number of rotatable bonds is 36. The van der Waals surface area contributed by atoms with E-state index in [0.29, 0.717) is 22.3 Å². The van der Waals surface area contributed by atoms with E-state index in [-0.39, 0.29) is 27.3 Å². The molecule has 9 heteroatoms.